The molecule has 0 aromatic carbocycles. The summed E-state index contributed by atoms with van der Waals surface area (Å²) in [5, 5.41) is 2.94. The van der Waals surface area contributed by atoms with Crippen molar-refractivity contribution in [1.29, 1.82) is 0 Å². The van der Waals surface area contributed by atoms with Crippen LogP contribution in [0.25, 0.3) is 20.4 Å². The number of carbonyl (C=O) groups is 1. The Bertz CT molecular complexity index is 1150. The van der Waals surface area contributed by atoms with Gasteiger partial charge in [0.05, 0.1) is 16.0 Å². The number of hydrogen-bond acceptors (Lipinski definition) is 7. The van der Waals surface area contributed by atoms with Crippen molar-refractivity contribution in [2.45, 2.75) is 68.5 Å². The molecule has 1 fully saturated rings. The number of thioether (sulfide) groups is 2. The van der Waals surface area contributed by atoms with Gasteiger partial charge in [-0.2, -0.15) is 0 Å². The molecule has 164 valence electrons. The number of amides is 1. The third-order valence-electron chi connectivity index (χ3n) is 6.28. The zero-order valence-corrected chi connectivity index (χ0v) is 20.8. The second kappa shape index (κ2) is 8.87. The molecule has 0 unspecified atom stereocenters. The third kappa shape index (κ3) is 3.95. The molecular weight excluding hydrogens is 444 g/mol. The molecule has 5 rings (SSSR count). The van der Waals surface area contributed by atoms with Gasteiger partial charge in [0, 0.05) is 24.2 Å². The summed E-state index contributed by atoms with van der Waals surface area (Å²) in [5.74, 6) is 1.09. The molecule has 0 N–H and O–H groups in total. The lowest BCUT2D eigenvalue weighted by Crippen LogP contribution is -2.36. The molecule has 0 bridgehead atoms. The van der Waals surface area contributed by atoms with E-state index in [9.17, 15) is 4.79 Å². The molecule has 4 heterocycles. The summed E-state index contributed by atoms with van der Waals surface area (Å²) in [5.41, 5.74) is 5.18. The van der Waals surface area contributed by atoms with E-state index in [0.29, 0.717) is 11.7 Å². The normalized spacial score (nSPS) is 16.6. The van der Waals surface area contributed by atoms with Crippen molar-refractivity contribution >= 4 is 61.2 Å². The van der Waals surface area contributed by atoms with Crippen LogP contribution in [0.1, 0.15) is 62.3 Å². The molecule has 0 atom stereocenters. The highest BCUT2D eigenvalue weighted by Crippen LogP contribution is 2.43. The number of aryl methyl sites for hydroxylation is 1. The summed E-state index contributed by atoms with van der Waals surface area (Å²) in [7, 11) is 0. The van der Waals surface area contributed by atoms with Crippen molar-refractivity contribution in [3.05, 3.63) is 16.8 Å². The van der Waals surface area contributed by atoms with E-state index < -0.39 is 0 Å². The van der Waals surface area contributed by atoms with Gasteiger partial charge in [-0.1, -0.05) is 37.4 Å². The number of thiophene rings is 1. The lowest BCUT2D eigenvalue weighted by molar-refractivity contribution is -0.129. The molecule has 1 aliphatic heterocycles. The van der Waals surface area contributed by atoms with E-state index in [2.05, 4.69) is 13.8 Å². The molecule has 31 heavy (non-hydrogen) atoms. The number of pyridine rings is 1. The van der Waals surface area contributed by atoms with Crippen LogP contribution < -0.4 is 0 Å². The van der Waals surface area contributed by atoms with Gasteiger partial charge in [-0.25, -0.2) is 15.0 Å². The second-order valence-corrected chi connectivity index (χ2v) is 11.4. The SMILES string of the molecule is CSc1nc(SCC(=O)N2CCCCC2)c2sc3nc(C(C)C)c4c(c3c2n1)CCC4. The van der Waals surface area contributed by atoms with Crippen molar-refractivity contribution < 1.29 is 4.79 Å². The average Bonchev–Trinajstić information content (AvgIpc) is 3.41. The Labute approximate surface area is 195 Å². The van der Waals surface area contributed by atoms with Crippen molar-refractivity contribution in [3.63, 3.8) is 0 Å². The third-order valence-corrected chi connectivity index (χ3v) is 9.00. The summed E-state index contributed by atoms with van der Waals surface area (Å²) in [6.45, 7) is 6.26. The number of aromatic nitrogens is 3. The molecule has 1 amide bonds. The molecule has 5 nitrogen and oxygen atoms in total. The number of carbonyl (C=O) groups excluding carboxylic acids is 1. The highest BCUT2D eigenvalue weighted by molar-refractivity contribution is 8.00. The second-order valence-electron chi connectivity index (χ2n) is 8.67. The maximum Gasteiger partial charge on any atom is 0.232 e. The van der Waals surface area contributed by atoms with Crippen molar-refractivity contribution in [1.82, 2.24) is 19.9 Å². The van der Waals surface area contributed by atoms with Crippen molar-refractivity contribution in [2.75, 3.05) is 25.1 Å². The van der Waals surface area contributed by atoms with Crippen LogP contribution >= 0.6 is 34.9 Å². The van der Waals surface area contributed by atoms with E-state index in [0.717, 1.165) is 64.0 Å². The molecule has 3 aromatic heterocycles. The number of fused-ring (bicyclic) bond motifs is 5. The number of likely N-dealkylation sites (tertiary alicyclic amines) is 1. The average molecular weight is 473 g/mol. The first-order valence-electron chi connectivity index (χ1n) is 11.2. The predicted octanol–water partition coefficient (Wildman–Crippen LogP) is 5.68. The fourth-order valence-corrected chi connectivity index (χ4v) is 7.36. The Kier molecular flexibility index (Phi) is 6.14. The molecule has 8 heteroatoms. The summed E-state index contributed by atoms with van der Waals surface area (Å²) in [6.07, 6.45) is 8.91. The first kappa shape index (κ1) is 21.5. The highest BCUT2D eigenvalue weighted by Gasteiger charge is 2.26. The topological polar surface area (TPSA) is 59.0 Å². The van der Waals surface area contributed by atoms with Gasteiger partial charge in [0.15, 0.2) is 5.16 Å². The van der Waals surface area contributed by atoms with Crippen LogP contribution in [-0.2, 0) is 17.6 Å². The lowest BCUT2D eigenvalue weighted by Gasteiger charge is -2.26. The molecule has 0 spiro atoms. The van der Waals surface area contributed by atoms with Crippen molar-refractivity contribution in [2.24, 2.45) is 0 Å². The van der Waals surface area contributed by atoms with Crippen LogP contribution in [0.4, 0.5) is 0 Å². The zero-order valence-electron chi connectivity index (χ0n) is 18.4. The Balaban J connectivity index is 1.58. The largest absolute Gasteiger partial charge is 0.342 e. The van der Waals surface area contributed by atoms with Crippen LogP contribution in [-0.4, -0.2) is 50.9 Å². The number of hydrogen-bond donors (Lipinski definition) is 0. The van der Waals surface area contributed by atoms with Crippen molar-refractivity contribution in [3.8, 4) is 0 Å². The zero-order chi connectivity index (χ0) is 21.5. The van der Waals surface area contributed by atoms with Gasteiger partial charge < -0.3 is 4.90 Å². The number of nitrogens with zero attached hydrogens (tertiary/aromatic N) is 4. The van der Waals surface area contributed by atoms with Crippen LogP contribution in [0.2, 0.25) is 0 Å². The first-order valence-corrected chi connectivity index (χ1v) is 14.2. The summed E-state index contributed by atoms with van der Waals surface area (Å²) < 4.78 is 1.09. The van der Waals surface area contributed by atoms with Gasteiger partial charge in [0.1, 0.15) is 9.86 Å². The van der Waals surface area contributed by atoms with E-state index in [4.69, 9.17) is 15.0 Å². The maximum atomic E-state index is 12.8. The molecule has 0 radical (unpaired) electrons. The van der Waals surface area contributed by atoms with E-state index in [1.54, 1.807) is 34.9 Å². The fourth-order valence-electron chi connectivity index (χ4n) is 4.78. The summed E-state index contributed by atoms with van der Waals surface area (Å²) in [4.78, 5) is 30.7. The van der Waals surface area contributed by atoms with Crippen LogP contribution in [0.15, 0.2) is 10.2 Å². The quantitative estimate of drug-likeness (QED) is 0.271. The molecule has 2 aliphatic rings. The maximum absolute atomic E-state index is 12.8. The number of piperidine rings is 1. The lowest BCUT2D eigenvalue weighted by atomic mass is 9.99. The van der Waals surface area contributed by atoms with Gasteiger partial charge in [0.25, 0.3) is 0 Å². The molecule has 0 saturated carbocycles. The minimum atomic E-state index is 0.226. The summed E-state index contributed by atoms with van der Waals surface area (Å²) in [6, 6.07) is 0. The predicted molar refractivity (Wildman–Crippen MR) is 132 cm³/mol. The van der Waals surface area contributed by atoms with E-state index in [1.807, 2.05) is 11.2 Å². The Hall–Kier alpha value is -1.38. The minimum absolute atomic E-state index is 0.226. The molecule has 1 saturated heterocycles. The smallest absolute Gasteiger partial charge is 0.232 e. The van der Waals surface area contributed by atoms with Crippen LogP contribution in [0.5, 0.6) is 0 Å². The Morgan fingerprint density at radius 3 is 2.58 bits per heavy atom. The Morgan fingerprint density at radius 1 is 1.06 bits per heavy atom. The first-order chi connectivity index (χ1) is 15.1. The van der Waals surface area contributed by atoms with Crippen LogP contribution in [0, 0.1) is 0 Å². The molecule has 3 aromatic rings. The number of rotatable bonds is 5. The Morgan fingerprint density at radius 2 is 1.84 bits per heavy atom. The van der Waals surface area contributed by atoms with E-state index in [-0.39, 0.29) is 5.91 Å². The van der Waals surface area contributed by atoms with Gasteiger partial charge >= 0.3 is 0 Å². The monoisotopic (exact) mass is 472 g/mol. The highest BCUT2D eigenvalue weighted by atomic mass is 32.2. The minimum Gasteiger partial charge on any atom is -0.342 e. The van der Waals surface area contributed by atoms with E-state index >= 15 is 0 Å². The fraction of sp³-hybridized carbons (Fsp3) is 0.565. The molecule has 1 aliphatic carbocycles. The van der Waals surface area contributed by atoms with E-state index in [1.165, 1.54) is 35.0 Å². The van der Waals surface area contributed by atoms with Crippen LogP contribution in [0.3, 0.4) is 0 Å². The van der Waals surface area contributed by atoms with Gasteiger partial charge in [-0.3, -0.25) is 4.79 Å². The molecular formula is C23H28N4OS3. The summed E-state index contributed by atoms with van der Waals surface area (Å²) >= 11 is 4.84. The van der Waals surface area contributed by atoms with Gasteiger partial charge in [-0.15, -0.1) is 11.3 Å². The van der Waals surface area contributed by atoms with Gasteiger partial charge in [-0.05, 0) is 61.8 Å². The van der Waals surface area contributed by atoms with Gasteiger partial charge in [0.2, 0.25) is 5.91 Å². The standard InChI is InChI=1S/C23H28N4OS3/c1-13(2)18-15-9-7-8-14(15)17-19-20(31-21(17)24-18)22(26-23(25-19)29-3)30-12-16(28)27-10-5-4-6-11-27/h13H,4-12H2,1-3H3.